The number of nitrogens with two attached hydrogens (primary N) is 1. The molecule has 3 N–H and O–H groups in total. The standard InChI is InChI=1S/C10H20N2O/c1-7(2)9(13)12-6-8(3)10(4,5)11/h8H,1,6,11H2,2-5H3,(H,12,13). The molecule has 0 rings (SSSR count). The van der Waals surface area contributed by atoms with Crippen LogP contribution < -0.4 is 11.1 Å². The van der Waals surface area contributed by atoms with Crippen LogP contribution in [0.5, 0.6) is 0 Å². The fourth-order valence-electron chi connectivity index (χ4n) is 0.660. The molecule has 0 aromatic rings. The zero-order valence-corrected chi connectivity index (χ0v) is 8.98. The second kappa shape index (κ2) is 4.42. The summed E-state index contributed by atoms with van der Waals surface area (Å²) in [5, 5.41) is 2.77. The molecule has 1 atom stereocenters. The summed E-state index contributed by atoms with van der Waals surface area (Å²) in [6, 6.07) is 0. The Balaban J connectivity index is 3.91. The van der Waals surface area contributed by atoms with Crippen LogP contribution in [-0.4, -0.2) is 18.0 Å². The van der Waals surface area contributed by atoms with Crippen LogP contribution in [0.25, 0.3) is 0 Å². The third-order valence-corrected chi connectivity index (χ3v) is 2.23. The maximum Gasteiger partial charge on any atom is 0.246 e. The second-order valence-electron chi connectivity index (χ2n) is 4.21. The summed E-state index contributed by atoms with van der Waals surface area (Å²) in [6.45, 7) is 11.7. The number of hydrogen-bond donors (Lipinski definition) is 2. The summed E-state index contributed by atoms with van der Waals surface area (Å²) in [6.07, 6.45) is 0. The van der Waals surface area contributed by atoms with Crippen molar-refractivity contribution in [2.24, 2.45) is 11.7 Å². The molecule has 0 spiro atoms. The lowest BCUT2D eigenvalue weighted by Crippen LogP contribution is -2.45. The van der Waals surface area contributed by atoms with Gasteiger partial charge in [0.2, 0.25) is 5.91 Å². The Bertz CT molecular complexity index is 203. The fourth-order valence-corrected chi connectivity index (χ4v) is 0.660. The highest BCUT2D eigenvalue weighted by molar-refractivity contribution is 5.92. The number of rotatable bonds is 4. The lowest BCUT2D eigenvalue weighted by molar-refractivity contribution is -0.117. The predicted octanol–water partition coefficient (Wildman–Crippen LogP) is 1.05. The van der Waals surface area contributed by atoms with E-state index in [4.69, 9.17) is 5.73 Å². The first-order valence-electron chi connectivity index (χ1n) is 4.47. The molecular formula is C10H20N2O. The molecule has 1 amide bonds. The van der Waals surface area contributed by atoms with Gasteiger partial charge in [-0.2, -0.15) is 0 Å². The SMILES string of the molecule is C=C(C)C(=O)NCC(C)C(C)(C)N. The van der Waals surface area contributed by atoms with Crippen LogP contribution >= 0.6 is 0 Å². The van der Waals surface area contributed by atoms with E-state index in [0.29, 0.717) is 12.1 Å². The third-order valence-electron chi connectivity index (χ3n) is 2.23. The van der Waals surface area contributed by atoms with Gasteiger partial charge >= 0.3 is 0 Å². The minimum absolute atomic E-state index is 0.101. The van der Waals surface area contributed by atoms with Crippen LogP contribution in [0.15, 0.2) is 12.2 Å². The van der Waals surface area contributed by atoms with Crippen molar-refractivity contribution in [1.82, 2.24) is 5.32 Å². The normalized spacial score (nSPS) is 13.6. The summed E-state index contributed by atoms with van der Waals surface area (Å²) in [5.74, 6) is 0.145. The van der Waals surface area contributed by atoms with Crippen LogP contribution in [-0.2, 0) is 4.79 Å². The summed E-state index contributed by atoms with van der Waals surface area (Å²) in [4.78, 5) is 11.1. The molecule has 0 aromatic carbocycles. The maximum absolute atomic E-state index is 11.1. The highest BCUT2D eigenvalue weighted by Crippen LogP contribution is 2.11. The molecule has 1 unspecified atom stereocenters. The van der Waals surface area contributed by atoms with Gasteiger partial charge in [-0.3, -0.25) is 4.79 Å². The van der Waals surface area contributed by atoms with E-state index in [2.05, 4.69) is 11.9 Å². The lowest BCUT2D eigenvalue weighted by Gasteiger charge is -2.27. The first-order chi connectivity index (χ1) is 5.75. The first kappa shape index (κ1) is 12.2. The molecule has 0 bridgehead atoms. The van der Waals surface area contributed by atoms with Crippen molar-refractivity contribution in [3.63, 3.8) is 0 Å². The van der Waals surface area contributed by atoms with E-state index in [1.54, 1.807) is 6.92 Å². The van der Waals surface area contributed by atoms with Crippen LogP contribution in [0.3, 0.4) is 0 Å². The summed E-state index contributed by atoms with van der Waals surface area (Å²) >= 11 is 0. The Labute approximate surface area is 80.4 Å². The fraction of sp³-hybridized carbons (Fsp3) is 0.700. The molecule has 0 saturated carbocycles. The van der Waals surface area contributed by atoms with E-state index in [1.807, 2.05) is 20.8 Å². The Morgan fingerprint density at radius 2 is 2.08 bits per heavy atom. The van der Waals surface area contributed by atoms with Gasteiger partial charge in [0.25, 0.3) is 0 Å². The molecule has 0 aromatic heterocycles. The second-order valence-corrected chi connectivity index (χ2v) is 4.21. The zero-order chi connectivity index (χ0) is 10.6. The zero-order valence-electron chi connectivity index (χ0n) is 8.98. The van der Waals surface area contributed by atoms with Crippen molar-refractivity contribution < 1.29 is 4.79 Å². The van der Waals surface area contributed by atoms with Gasteiger partial charge in [-0.1, -0.05) is 13.5 Å². The van der Waals surface area contributed by atoms with Gasteiger partial charge in [0.15, 0.2) is 0 Å². The quantitative estimate of drug-likeness (QED) is 0.642. The molecule has 13 heavy (non-hydrogen) atoms. The first-order valence-corrected chi connectivity index (χ1v) is 4.47. The van der Waals surface area contributed by atoms with E-state index in [-0.39, 0.29) is 17.4 Å². The van der Waals surface area contributed by atoms with Gasteiger partial charge in [-0.25, -0.2) is 0 Å². The van der Waals surface area contributed by atoms with Crippen molar-refractivity contribution in [1.29, 1.82) is 0 Å². The molecule has 0 fully saturated rings. The Hall–Kier alpha value is -0.830. The molecule has 0 aliphatic heterocycles. The minimum Gasteiger partial charge on any atom is -0.352 e. The third kappa shape index (κ3) is 4.68. The number of carbonyl (C=O) groups excluding carboxylic acids is 1. The van der Waals surface area contributed by atoms with Crippen molar-refractivity contribution in [3.8, 4) is 0 Å². The lowest BCUT2D eigenvalue weighted by atomic mass is 9.90. The summed E-state index contributed by atoms with van der Waals surface area (Å²) < 4.78 is 0. The topological polar surface area (TPSA) is 55.1 Å². The van der Waals surface area contributed by atoms with E-state index in [9.17, 15) is 4.79 Å². The number of nitrogens with one attached hydrogen (secondary N) is 1. The number of carbonyl (C=O) groups is 1. The van der Waals surface area contributed by atoms with Gasteiger partial charge in [0.1, 0.15) is 0 Å². The van der Waals surface area contributed by atoms with Gasteiger partial charge in [-0.15, -0.1) is 0 Å². The van der Waals surface area contributed by atoms with Crippen LogP contribution in [0.2, 0.25) is 0 Å². The monoisotopic (exact) mass is 184 g/mol. The smallest absolute Gasteiger partial charge is 0.246 e. The number of hydrogen-bond acceptors (Lipinski definition) is 2. The van der Waals surface area contributed by atoms with E-state index in [0.717, 1.165) is 0 Å². The minimum atomic E-state index is -0.262. The van der Waals surface area contributed by atoms with Crippen molar-refractivity contribution in [2.45, 2.75) is 33.2 Å². The maximum atomic E-state index is 11.1. The van der Waals surface area contributed by atoms with Crippen LogP contribution in [0.4, 0.5) is 0 Å². The Kier molecular flexibility index (Phi) is 4.14. The van der Waals surface area contributed by atoms with Gasteiger partial charge < -0.3 is 11.1 Å². The van der Waals surface area contributed by atoms with Crippen LogP contribution in [0.1, 0.15) is 27.7 Å². The Morgan fingerprint density at radius 3 is 2.38 bits per heavy atom. The highest BCUT2D eigenvalue weighted by atomic mass is 16.1. The average Bonchev–Trinajstić information content (AvgIpc) is 1.97. The van der Waals surface area contributed by atoms with E-state index < -0.39 is 0 Å². The molecular weight excluding hydrogens is 164 g/mol. The van der Waals surface area contributed by atoms with E-state index in [1.165, 1.54) is 0 Å². The molecule has 0 aliphatic carbocycles. The van der Waals surface area contributed by atoms with Gasteiger partial charge in [0.05, 0.1) is 0 Å². The van der Waals surface area contributed by atoms with Gasteiger partial charge in [-0.05, 0) is 26.7 Å². The molecule has 76 valence electrons. The molecule has 0 saturated heterocycles. The molecule has 3 nitrogen and oxygen atoms in total. The molecule has 3 heteroatoms. The molecule has 0 radical (unpaired) electrons. The van der Waals surface area contributed by atoms with Gasteiger partial charge in [0, 0.05) is 17.7 Å². The molecule has 0 aliphatic rings. The summed E-state index contributed by atoms with van der Waals surface area (Å²) in [5.41, 5.74) is 6.14. The van der Waals surface area contributed by atoms with Crippen molar-refractivity contribution >= 4 is 5.91 Å². The predicted molar refractivity (Wildman–Crippen MR) is 55.3 cm³/mol. The summed E-state index contributed by atoms with van der Waals surface area (Å²) in [7, 11) is 0. The Morgan fingerprint density at radius 1 is 1.62 bits per heavy atom. The number of amides is 1. The average molecular weight is 184 g/mol. The molecule has 0 heterocycles. The van der Waals surface area contributed by atoms with Crippen LogP contribution in [0, 0.1) is 5.92 Å². The largest absolute Gasteiger partial charge is 0.352 e. The highest BCUT2D eigenvalue weighted by Gasteiger charge is 2.20. The van der Waals surface area contributed by atoms with Crippen molar-refractivity contribution in [3.05, 3.63) is 12.2 Å². The van der Waals surface area contributed by atoms with Crippen molar-refractivity contribution in [2.75, 3.05) is 6.54 Å². The van der Waals surface area contributed by atoms with E-state index >= 15 is 0 Å².